The summed E-state index contributed by atoms with van der Waals surface area (Å²) in [6.45, 7) is 3.50. The molecule has 0 saturated carbocycles. The molecule has 8 heteroatoms. The van der Waals surface area contributed by atoms with Crippen LogP contribution in [0.15, 0.2) is 75.7 Å². The Kier molecular flexibility index (Phi) is 9.52. The fraction of sp³-hybridized carbons (Fsp3) is 0.174. The van der Waals surface area contributed by atoms with Crippen LogP contribution in [0, 0.1) is 11.3 Å². The van der Waals surface area contributed by atoms with E-state index in [4.69, 9.17) is 16.2 Å². The summed E-state index contributed by atoms with van der Waals surface area (Å²) in [5, 5.41) is 19.3. The van der Waals surface area contributed by atoms with Gasteiger partial charge in [-0.05, 0) is 24.4 Å². The molecule has 1 atom stereocenters. The summed E-state index contributed by atoms with van der Waals surface area (Å²) >= 11 is 1.36. The molecule has 0 fully saturated rings. The van der Waals surface area contributed by atoms with Gasteiger partial charge >= 0.3 is 0 Å². The highest BCUT2D eigenvalue weighted by Crippen LogP contribution is 2.30. The maximum atomic E-state index is 10.1. The van der Waals surface area contributed by atoms with E-state index in [1.165, 1.54) is 18.0 Å². The number of hydrogen-bond donors (Lipinski definition) is 3. The van der Waals surface area contributed by atoms with Gasteiger partial charge in [-0.25, -0.2) is 0 Å². The number of rotatable bonds is 9. The highest BCUT2D eigenvalue weighted by molar-refractivity contribution is 8.02. The molecule has 5 N–H and O–H groups in total. The third kappa shape index (κ3) is 7.12. The number of nitrogens with zero attached hydrogens (tertiary/aromatic N) is 3. The van der Waals surface area contributed by atoms with Gasteiger partial charge in [0.25, 0.3) is 0 Å². The van der Waals surface area contributed by atoms with Gasteiger partial charge in [0.2, 0.25) is 5.90 Å². The molecule has 0 aliphatic rings. The summed E-state index contributed by atoms with van der Waals surface area (Å²) in [4.78, 5) is 8.48. The van der Waals surface area contributed by atoms with E-state index in [-0.39, 0.29) is 6.54 Å². The minimum atomic E-state index is -0.834. The molecule has 0 radical (unpaired) electrons. The normalized spacial score (nSPS) is 13.4. The zero-order valence-electron chi connectivity index (χ0n) is 17.2. The number of aliphatic imine (C=N–C) groups is 2. The van der Waals surface area contributed by atoms with E-state index >= 15 is 0 Å². The lowest BCUT2D eigenvalue weighted by atomic mass is 10.1. The molecule has 0 bridgehead atoms. The second kappa shape index (κ2) is 12.3. The molecule has 2 rings (SSSR count). The topological polar surface area (TPSA) is 130 Å². The maximum Gasteiger partial charge on any atom is 0.216 e. The predicted octanol–water partition coefficient (Wildman–Crippen LogP) is 3.06. The van der Waals surface area contributed by atoms with Crippen molar-refractivity contribution in [2.45, 2.75) is 11.9 Å². The van der Waals surface area contributed by atoms with E-state index < -0.39 is 6.10 Å². The molecule has 0 saturated heterocycles. The summed E-state index contributed by atoms with van der Waals surface area (Å²) < 4.78 is 6.00. The van der Waals surface area contributed by atoms with Gasteiger partial charge < -0.3 is 21.3 Å². The average Bonchev–Trinajstić information content (AvgIpc) is 2.81. The smallest absolute Gasteiger partial charge is 0.216 e. The SMILES string of the molecule is C=N/C=C(\SCc1ccc(C#N)cc1OC(C=C(N)c1ccccc1)=NC)C(O)CN. The van der Waals surface area contributed by atoms with Crippen LogP contribution in [0.5, 0.6) is 5.75 Å². The van der Waals surface area contributed by atoms with Crippen LogP contribution in [0.1, 0.15) is 16.7 Å². The highest BCUT2D eigenvalue weighted by Gasteiger charge is 2.14. The van der Waals surface area contributed by atoms with E-state index in [0.717, 1.165) is 11.1 Å². The molecule has 160 valence electrons. The number of thioether (sulfide) groups is 1. The molecule has 0 aromatic heterocycles. The number of benzene rings is 2. The molecule has 0 spiro atoms. The first-order chi connectivity index (χ1) is 15.0. The van der Waals surface area contributed by atoms with Crippen LogP contribution in [0.2, 0.25) is 0 Å². The minimum Gasteiger partial charge on any atom is -0.439 e. The summed E-state index contributed by atoms with van der Waals surface area (Å²) in [5.74, 6) is 1.22. The Morgan fingerprint density at radius 2 is 2.06 bits per heavy atom. The average molecular weight is 436 g/mol. The lowest BCUT2D eigenvalue weighted by molar-refractivity contribution is 0.227. The lowest BCUT2D eigenvalue weighted by Crippen LogP contribution is -2.20. The lowest BCUT2D eigenvalue weighted by Gasteiger charge is -2.15. The molecule has 0 amide bonds. The third-order valence-electron chi connectivity index (χ3n) is 4.18. The van der Waals surface area contributed by atoms with Gasteiger partial charge in [0, 0.05) is 47.8 Å². The van der Waals surface area contributed by atoms with Crippen molar-refractivity contribution < 1.29 is 9.84 Å². The Morgan fingerprint density at radius 1 is 1.32 bits per heavy atom. The maximum absolute atomic E-state index is 10.1. The van der Waals surface area contributed by atoms with E-state index in [0.29, 0.717) is 33.6 Å². The Morgan fingerprint density at radius 3 is 2.68 bits per heavy atom. The number of aliphatic hydroxyl groups excluding tert-OH is 1. The van der Waals surface area contributed by atoms with Crippen LogP contribution in [-0.4, -0.2) is 37.4 Å². The summed E-state index contributed by atoms with van der Waals surface area (Å²) in [7, 11) is 1.60. The third-order valence-corrected chi connectivity index (χ3v) is 5.35. The van der Waals surface area contributed by atoms with Gasteiger partial charge in [-0.1, -0.05) is 36.4 Å². The molecule has 7 nitrogen and oxygen atoms in total. The summed E-state index contributed by atoms with van der Waals surface area (Å²) in [6.07, 6.45) is 2.28. The zero-order chi connectivity index (χ0) is 22.6. The van der Waals surface area contributed by atoms with Crippen LogP contribution < -0.4 is 16.2 Å². The minimum absolute atomic E-state index is 0.0707. The van der Waals surface area contributed by atoms with Crippen LogP contribution >= 0.6 is 11.8 Å². The van der Waals surface area contributed by atoms with Crippen molar-refractivity contribution in [1.29, 1.82) is 5.26 Å². The number of ether oxygens (including phenoxy) is 1. The summed E-state index contributed by atoms with van der Waals surface area (Å²) in [6, 6.07) is 16.7. The quantitative estimate of drug-likeness (QED) is 0.410. The van der Waals surface area contributed by atoms with Crippen molar-refractivity contribution in [3.63, 3.8) is 0 Å². The number of nitrogens with two attached hydrogens (primary N) is 2. The second-order valence-corrected chi connectivity index (χ2v) is 7.37. The van der Waals surface area contributed by atoms with Gasteiger partial charge in [0.15, 0.2) is 0 Å². The van der Waals surface area contributed by atoms with Crippen molar-refractivity contribution in [3.05, 3.63) is 82.4 Å². The van der Waals surface area contributed by atoms with Gasteiger partial charge in [-0.3, -0.25) is 9.98 Å². The first-order valence-electron chi connectivity index (χ1n) is 9.39. The predicted molar refractivity (Wildman–Crippen MR) is 128 cm³/mol. The Bertz CT molecular complexity index is 1030. The van der Waals surface area contributed by atoms with Crippen molar-refractivity contribution in [3.8, 4) is 11.8 Å². The highest BCUT2D eigenvalue weighted by atomic mass is 32.2. The molecule has 1 unspecified atom stereocenters. The van der Waals surface area contributed by atoms with Crippen molar-refractivity contribution in [2.75, 3.05) is 13.6 Å². The van der Waals surface area contributed by atoms with E-state index in [2.05, 4.69) is 22.8 Å². The molecule has 0 aliphatic heterocycles. The molecule has 2 aromatic rings. The van der Waals surface area contributed by atoms with E-state index in [9.17, 15) is 10.4 Å². The van der Waals surface area contributed by atoms with E-state index in [1.54, 1.807) is 31.3 Å². The number of hydrogen-bond acceptors (Lipinski definition) is 8. The van der Waals surface area contributed by atoms with E-state index in [1.807, 2.05) is 30.3 Å². The number of nitriles is 1. The standard InChI is InChI=1S/C23H25N5O2S/c1-27-14-22(20(29)13-25)31-15-18-9-8-16(12-24)10-21(18)30-23(28-2)11-19(26)17-6-4-3-5-7-17/h3-11,14,20,29H,1,13,15,25-26H2,2H3/b19-11?,22-14-,28-23?. The molecule has 0 heterocycles. The zero-order valence-corrected chi connectivity index (χ0v) is 18.0. The van der Waals surface area contributed by atoms with Crippen LogP contribution in [0.25, 0.3) is 5.70 Å². The summed E-state index contributed by atoms with van der Waals surface area (Å²) in [5.41, 5.74) is 14.3. The molecule has 31 heavy (non-hydrogen) atoms. The molecular formula is C23H25N5O2S. The second-order valence-electron chi connectivity index (χ2n) is 6.32. The fourth-order valence-electron chi connectivity index (χ4n) is 2.52. The Hall–Kier alpha value is -3.38. The van der Waals surface area contributed by atoms with Gasteiger partial charge in [0.1, 0.15) is 5.75 Å². The molecular weight excluding hydrogens is 410 g/mol. The van der Waals surface area contributed by atoms with Crippen molar-refractivity contribution >= 4 is 30.1 Å². The first-order valence-corrected chi connectivity index (χ1v) is 10.4. The van der Waals surface area contributed by atoms with Crippen LogP contribution in [0.4, 0.5) is 0 Å². The fourth-order valence-corrected chi connectivity index (χ4v) is 3.52. The Balaban J connectivity index is 2.29. The Labute approximate surface area is 186 Å². The van der Waals surface area contributed by atoms with Gasteiger partial charge in [0.05, 0.1) is 17.7 Å². The van der Waals surface area contributed by atoms with Crippen molar-refractivity contribution in [2.24, 2.45) is 21.5 Å². The molecule has 2 aromatic carbocycles. The van der Waals surface area contributed by atoms with Gasteiger partial charge in [-0.15, -0.1) is 11.8 Å². The monoisotopic (exact) mass is 435 g/mol. The first kappa shape index (κ1) is 23.9. The largest absolute Gasteiger partial charge is 0.439 e. The van der Waals surface area contributed by atoms with Gasteiger partial charge in [-0.2, -0.15) is 5.26 Å². The number of aliphatic hydroxyl groups is 1. The van der Waals surface area contributed by atoms with Crippen LogP contribution in [0.3, 0.4) is 0 Å². The van der Waals surface area contributed by atoms with Crippen molar-refractivity contribution in [1.82, 2.24) is 0 Å². The van der Waals surface area contributed by atoms with Crippen LogP contribution in [-0.2, 0) is 5.75 Å². The molecule has 0 aliphatic carbocycles.